The average Bonchev–Trinajstić information content (AvgIpc) is 3.08. The normalized spacial score (nSPS) is 12.0. The molecule has 1 heterocycles. The highest BCUT2D eigenvalue weighted by Gasteiger charge is 2.21. The van der Waals surface area contributed by atoms with Gasteiger partial charge in [0.1, 0.15) is 6.54 Å². The van der Waals surface area contributed by atoms with Gasteiger partial charge in [0.05, 0.1) is 43.7 Å². The number of rotatable bonds is 6. The molecule has 16 heteroatoms. The number of ether oxygens (including phenoxy) is 1. The Bertz CT molecular complexity index is 1470. The number of nitrogens with zero attached hydrogens (tertiary/aromatic N) is 4. The van der Waals surface area contributed by atoms with Gasteiger partial charge in [-0.05, 0) is 18.2 Å². The smallest absolute Gasteiger partial charge is 0.325 e. The fourth-order valence-corrected chi connectivity index (χ4v) is 4.42. The molecule has 1 aromatic heterocycles. The van der Waals surface area contributed by atoms with E-state index >= 15 is 0 Å². The lowest BCUT2D eigenvalue weighted by Crippen LogP contribution is -2.22. The van der Waals surface area contributed by atoms with Gasteiger partial charge in [0.25, 0.3) is 17.3 Å². The predicted molar refractivity (Wildman–Crippen MR) is 113 cm³/mol. The van der Waals surface area contributed by atoms with Gasteiger partial charge < -0.3 is 9.30 Å². The molecule has 0 spiro atoms. The second-order valence-electron chi connectivity index (χ2n) is 6.39. The van der Waals surface area contributed by atoms with Gasteiger partial charge in [0, 0.05) is 12.1 Å². The minimum atomic E-state index is -4.04. The van der Waals surface area contributed by atoms with E-state index in [9.17, 15) is 38.2 Å². The molecule has 1 amide bonds. The summed E-state index contributed by atoms with van der Waals surface area (Å²) in [6.45, 7) is -0.396. The van der Waals surface area contributed by atoms with Crippen molar-refractivity contribution in [2.24, 2.45) is 10.1 Å². The number of hydrogen-bond donors (Lipinski definition) is 1. The van der Waals surface area contributed by atoms with E-state index in [1.807, 2.05) is 0 Å². The van der Waals surface area contributed by atoms with Crippen LogP contribution >= 0.6 is 11.3 Å². The highest BCUT2D eigenvalue weighted by Crippen LogP contribution is 2.24. The maximum atomic E-state index is 12.7. The van der Waals surface area contributed by atoms with Gasteiger partial charge in [0.2, 0.25) is 10.0 Å². The molecule has 0 atom stereocenters. The monoisotopic (exact) mass is 495 g/mol. The first-order valence-corrected chi connectivity index (χ1v) is 11.0. The Kier molecular flexibility index (Phi) is 6.34. The van der Waals surface area contributed by atoms with E-state index in [0.29, 0.717) is 16.3 Å². The highest BCUT2D eigenvalue weighted by molar-refractivity contribution is 7.89. The molecule has 2 N–H and O–H groups in total. The number of amides is 1. The van der Waals surface area contributed by atoms with Gasteiger partial charge in [0.15, 0.2) is 4.80 Å². The number of carbonyl (C=O) groups is 2. The Balaban J connectivity index is 2.23. The van der Waals surface area contributed by atoms with E-state index < -0.39 is 55.2 Å². The van der Waals surface area contributed by atoms with Crippen molar-refractivity contribution in [3.05, 3.63) is 67.0 Å². The predicted octanol–water partition coefficient (Wildman–Crippen LogP) is 1.08. The molecule has 2 aromatic carbocycles. The van der Waals surface area contributed by atoms with Crippen LogP contribution in [0.15, 0.2) is 46.3 Å². The minimum absolute atomic E-state index is 0.0823. The zero-order valence-electron chi connectivity index (χ0n) is 16.5. The van der Waals surface area contributed by atoms with Crippen LogP contribution in [0.2, 0.25) is 0 Å². The maximum absolute atomic E-state index is 12.7. The summed E-state index contributed by atoms with van der Waals surface area (Å²) in [7, 11) is -2.90. The zero-order valence-corrected chi connectivity index (χ0v) is 18.2. The third-order valence-electron chi connectivity index (χ3n) is 4.27. The number of nitro benzene ring substituents is 2. The molecular formula is C17H13N5O9S2. The summed E-state index contributed by atoms with van der Waals surface area (Å²) < 4.78 is 29.5. The number of primary sulfonamides is 1. The van der Waals surface area contributed by atoms with Crippen LogP contribution in [0.25, 0.3) is 10.2 Å². The minimum Gasteiger partial charge on any atom is -0.468 e. The van der Waals surface area contributed by atoms with E-state index in [4.69, 9.17) is 5.14 Å². The average molecular weight is 495 g/mol. The van der Waals surface area contributed by atoms with Gasteiger partial charge >= 0.3 is 5.97 Å². The van der Waals surface area contributed by atoms with Crippen molar-refractivity contribution in [1.29, 1.82) is 0 Å². The number of sulfonamides is 1. The number of esters is 1. The summed E-state index contributed by atoms with van der Waals surface area (Å²) in [5.41, 5.74) is -1.46. The summed E-state index contributed by atoms with van der Waals surface area (Å²) in [5.74, 6) is -1.76. The third kappa shape index (κ3) is 5.08. The summed E-state index contributed by atoms with van der Waals surface area (Å²) in [6, 6.07) is 6.14. The molecule has 0 fully saturated rings. The van der Waals surface area contributed by atoms with E-state index in [1.165, 1.54) is 22.8 Å². The van der Waals surface area contributed by atoms with Crippen molar-refractivity contribution in [3.8, 4) is 0 Å². The number of thiazole rings is 1. The molecule has 3 aromatic rings. The number of nitro groups is 2. The lowest BCUT2D eigenvalue weighted by molar-refractivity contribution is -0.394. The second-order valence-corrected chi connectivity index (χ2v) is 8.96. The van der Waals surface area contributed by atoms with Gasteiger partial charge in [-0.1, -0.05) is 11.3 Å². The van der Waals surface area contributed by atoms with Crippen LogP contribution in [-0.2, 0) is 26.1 Å². The lowest BCUT2D eigenvalue weighted by atomic mass is 10.1. The van der Waals surface area contributed by atoms with Crippen molar-refractivity contribution in [1.82, 2.24) is 4.57 Å². The van der Waals surface area contributed by atoms with Gasteiger partial charge in [-0.2, -0.15) is 4.99 Å². The quantitative estimate of drug-likeness (QED) is 0.294. The molecule has 0 bridgehead atoms. The molecule has 0 radical (unpaired) electrons. The molecular weight excluding hydrogens is 482 g/mol. The summed E-state index contributed by atoms with van der Waals surface area (Å²) in [4.78, 5) is 48.5. The van der Waals surface area contributed by atoms with E-state index in [-0.39, 0.29) is 9.70 Å². The summed E-state index contributed by atoms with van der Waals surface area (Å²) >= 11 is 0.831. The van der Waals surface area contributed by atoms with Crippen LogP contribution in [0.1, 0.15) is 10.4 Å². The van der Waals surface area contributed by atoms with Crippen LogP contribution in [-0.4, -0.2) is 41.8 Å². The summed E-state index contributed by atoms with van der Waals surface area (Å²) in [6.07, 6.45) is 0. The standard InChI is InChI=1S/C17H13N5O9S2/c1-31-15(23)8-20-13-3-2-12(33(18,29)30)7-14(13)32-17(20)19-16(24)9-4-10(21(25)26)6-11(5-9)22(27)28/h2-7H,8H2,1H3,(H2,18,29,30). The summed E-state index contributed by atoms with van der Waals surface area (Å²) in [5, 5.41) is 27.3. The topological polar surface area (TPSA) is 207 Å². The van der Waals surface area contributed by atoms with Crippen LogP contribution in [0.5, 0.6) is 0 Å². The molecule has 0 aliphatic carbocycles. The van der Waals surface area contributed by atoms with Crippen molar-refractivity contribution >= 4 is 54.8 Å². The van der Waals surface area contributed by atoms with Crippen molar-refractivity contribution in [3.63, 3.8) is 0 Å². The number of carbonyl (C=O) groups excluding carboxylic acids is 2. The largest absolute Gasteiger partial charge is 0.468 e. The first-order chi connectivity index (χ1) is 15.4. The van der Waals surface area contributed by atoms with Gasteiger partial charge in [-0.15, -0.1) is 0 Å². The number of nitrogens with two attached hydrogens (primary N) is 1. The number of methoxy groups -OCH3 is 1. The number of aromatic nitrogens is 1. The molecule has 33 heavy (non-hydrogen) atoms. The number of benzene rings is 2. The van der Waals surface area contributed by atoms with Crippen molar-refractivity contribution in [2.45, 2.75) is 11.4 Å². The Morgan fingerprint density at radius 2 is 1.73 bits per heavy atom. The highest BCUT2D eigenvalue weighted by atomic mass is 32.2. The lowest BCUT2D eigenvalue weighted by Gasteiger charge is -2.04. The van der Waals surface area contributed by atoms with Crippen molar-refractivity contribution < 1.29 is 32.6 Å². The van der Waals surface area contributed by atoms with Crippen LogP contribution in [0.3, 0.4) is 0 Å². The molecule has 3 rings (SSSR count). The SMILES string of the molecule is COC(=O)Cn1c(=NC(=O)c2cc([N+](=O)[O-])cc([N+](=O)[O-])c2)sc2cc(S(N)(=O)=O)ccc21. The Morgan fingerprint density at radius 1 is 1.12 bits per heavy atom. The van der Waals surface area contributed by atoms with Crippen LogP contribution < -0.4 is 9.94 Å². The number of fused-ring (bicyclic) bond motifs is 1. The van der Waals surface area contributed by atoms with Gasteiger partial charge in [-0.3, -0.25) is 29.8 Å². The molecule has 0 aliphatic rings. The molecule has 0 unspecified atom stereocenters. The third-order valence-corrected chi connectivity index (χ3v) is 6.22. The van der Waals surface area contributed by atoms with Crippen LogP contribution in [0, 0.1) is 20.2 Å². The van der Waals surface area contributed by atoms with E-state index in [1.54, 1.807) is 0 Å². The molecule has 0 saturated carbocycles. The maximum Gasteiger partial charge on any atom is 0.325 e. The van der Waals surface area contributed by atoms with Crippen molar-refractivity contribution in [2.75, 3.05) is 7.11 Å². The van der Waals surface area contributed by atoms with Crippen LogP contribution in [0.4, 0.5) is 11.4 Å². The first-order valence-electron chi connectivity index (χ1n) is 8.66. The van der Waals surface area contributed by atoms with Gasteiger partial charge in [-0.25, -0.2) is 13.6 Å². The molecule has 14 nitrogen and oxygen atoms in total. The van der Waals surface area contributed by atoms with E-state index in [0.717, 1.165) is 30.6 Å². The Morgan fingerprint density at radius 3 is 2.24 bits per heavy atom. The fraction of sp³-hybridized carbons (Fsp3) is 0.118. The Labute approximate surface area is 187 Å². The first kappa shape index (κ1) is 23.6. The molecule has 172 valence electrons. The molecule has 0 saturated heterocycles. The Hall–Kier alpha value is -4.02. The number of hydrogen-bond acceptors (Lipinski definition) is 10. The van der Waals surface area contributed by atoms with E-state index in [2.05, 4.69) is 9.73 Å². The second kappa shape index (κ2) is 8.85. The zero-order chi connectivity index (χ0) is 24.5. The fourth-order valence-electron chi connectivity index (χ4n) is 2.74. The molecule has 0 aliphatic heterocycles. The number of non-ortho nitro benzene ring substituents is 2.